The van der Waals surface area contributed by atoms with Crippen molar-refractivity contribution in [2.24, 2.45) is 0 Å². The molecule has 1 aliphatic rings. The molecule has 3 rings (SSSR count). The molecule has 1 aromatic carbocycles. The molecule has 126 valence electrons. The molecule has 0 bridgehead atoms. The topological polar surface area (TPSA) is 115 Å². The molecule has 0 radical (unpaired) electrons. The van der Waals surface area contributed by atoms with Crippen LogP contribution in [0.5, 0.6) is 0 Å². The Hall–Kier alpha value is -2.81. The molecule has 1 fully saturated rings. The second-order valence-electron chi connectivity index (χ2n) is 5.42. The average Bonchev–Trinajstić information content (AvgIpc) is 2.61. The smallest absolute Gasteiger partial charge is 0.334 e. The van der Waals surface area contributed by atoms with Crippen LogP contribution in [0.1, 0.15) is 6.42 Å². The minimum absolute atomic E-state index is 0.00641. The number of carboxylic acids is 1. The number of hydrogen-bond acceptors (Lipinski definition) is 6. The quantitative estimate of drug-likeness (QED) is 0.802. The summed E-state index contributed by atoms with van der Waals surface area (Å²) in [5, 5.41) is 17.2. The lowest BCUT2D eigenvalue weighted by Crippen LogP contribution is -2.48. The molecule has 1 aromatic heterocycles. The number of amides is 1. The van der Waals surface area contributed by atoms with Crippen LogP contribution in [0.3, 0.4) is 0 Å². The van der Waals surface area contributed by atoms with Gasteiger partial charge in [0.1, 0.15) is 5.52 Å². The van der Waals surface area contributed by atoms with Crippen LogP contribution in [0.2, 0.25) is 0 Å². The van der Waals surface area contributed by atoms with E-state index in [0.717, 1.165) is 4.68 Å². The number of benzene rings is 1. The molecule has 24 heavy (non-hydrogen) atoms. The summed E-state index contributed by atoms with van der Waals surface area (Å²) < 4.78 is 6.23. The summed E-state index contributed by atoms with van der Waals surface area (Å²) in [6, 6.07) is 6.85. The van der Waals surface area contributed by atoms with Crippen molar-refractivity contribution in [2.75, 3.05) is 19.7 Å². The number of aliphatic carboxylic acids is 1. The summed E-state index contributed by atoms with van der Waals surface area (Å²) in [5.74, 6) is -1.34. The number of ether oxygens (including phenoxy) is 1. The highest BCUT2D eigenvalue weighted by molar-refractivity contribution is 5.79. The van der Waals surface area contributed by atoms with Crippen LogP contribution in [0.15, 0.2) is 29.1 Å². The fourth-order valence-corrected chi connectivity index (χ4v) is 2.55. The van der Waals surface area contributed by atoms with Crippen molar-refractivity contribution < 1.29 is 19.4 Å². The highest BCUT2D eigenvalue weighted by atomic mass is 16.5. The van der Waals surface area contributed by atoms with E-state index in [2.05, 4.69) is 10.3 Å². The molecule has 1 atom stereocenters. The van der Waals surface area contributed by atoms with Crippen LogP contribution in [-0.4, -0.2) is 62.7 Å². The molecule has 1 N–H and O–H groups in total. The van der Waals surface area contributed by atoms with E-state index in [0.29, 0.717) is 17.4 Å². The third-order valence-corrected chi connectivity index (χ3v) is 3.86. The Morgan fingerprint density at radius 2 is 2.12 bits per heavy atom. The van der Waals surface area contributed by atoms with Crippen molar-refractivity contribution in [2.45, 2.75) is 19.1 Å². The maximum absolute atomic E-state index is 12.3. The van der Waals surface area contributed by atoms with Gasteiger partial charge in [-0.25, -0.2) is 9.48 Å². The molecule has 9 nitrogen and oxygen atoms in total. The fraction of sp³-hybridized carbons (Fsp3) is 0.400. The molecule has 9 heteroatoms. The Bertz CT molecular complexity index is 834. The Balaban J connectivity index is 1.67. The number of hydrogen-bond donors (Lipinski definition) is 1. The molecule has 0 saturated carbocycles. The van der Waals surface area contributed by atoms with E-state index in [-0.39, 0.29) is 37.6 Å². The van der Waals surface area contributed by atoms with Gasteiger partial charge in [-0.05, 0) is 12.1 Å². The van der Waals surface area contributed by atoms with Crippen molar-refractivity contribution >= 4 is 22.8 Å². The summed E-state index contributed by atoms with van der Waals surface area (Å²) in [4.78, 5) is 36.9. The molecule has 0 spiro atoms. The van der Waals surface area contributed by atoms with E-state index < -0.39 is 12.1 Å². The van der Waals surface area contributed by atoms with Crippen LogP contribution in [-0.2, 0) is 20.9 Å². The zero-order valence-electron chi connectivity index (χ0n) is 12.8. The number of aromatic nitrogens is 3. The summed E-state index contributed by atoms with van der Waals surface area (Å²) in [5.41, 5.74) is 0.196. The Kier molecular flexibility index (Phi) is 4.52. The van der Waals surface area contributed by atoms with Gasteiger partial charge in [-0.15, -0.1) is 5.10 Å². The minimum atomic E-state index is -1.09. The Morgan fingerprint density at radius 3 is 2.92 bits per heavy atom. The van der Waals surface area contributed by atoms with Crippen molar-refractivity contribution in [3.8, 4) is 0 Å². The van der Waals surface area contributed by atoms with Gasteiger partial charge in [0.05, 0.1) is 25.1 Å². The number of carboxylic acid groups (broad SMARTS) is 1. The van der Waals surface area contributed by atoms with Crippen molar-refractivity contribution in [3.05, 3.63) is 34.6 Å². The van der Waals surface area contributed by atoms with E-state index >= 15 is 0 Å². The molecule has 1 aliphatic heterocycles. The van der Waals surface area contributed by atoms with E-state index in [4.69, 9.17) is 9.84 Å². The highest BCUT2D eigenvalue weighted by Crippen LogP contribution is 2.08. The van der Waals surface area contributed by atoms with Crippen LogP contribution in [0.25, 0.3) is 10.9 Å². The van der Waals surface area contributed by atoms with E-state index in [1.807, 2.05) is 0 Å². The molecule has 1 amide bonds. The third-order valence-electron chi connectivity index (χ3n) is 3.86. The van der Waals surface area contributed by atoms with Gasteiger partial charge in [-0.1, -0.05) is 17.3 Å². The number of morpholine rings is 1. The van der Waals surface area contributed by atoms with E-state index in [1.54, 1.807) is 24.3 Å². The first-order valence-corrected chi connectivity index (χ1v) is 7.51. The monoisotopic (exact) mass is 332 g/mol. The van der Waals surface area contributed by atoms with Gasteiger partial charge in [-0.3, -0.25) is 9.59 Å². The molecular formula is C15H16N4O5. The Morgan fingerprint density at radius 1 is 1.33 bits per heavy atom. The number of nitrogens with zero attached hydrogens (tertiary/aromatic N) is 4. The maximum atomic E-state index is 12.3. The third kappa shape index (κ3) is 3.25. The van der Waals surface area contributed by atoms with E-state index in [9.17, 15) is 14.4 Å². The lowest BCUT2D eigenvalue weighted by atomic mass is 10.2. The predicted octanol–water partition coefficient (Wildman–Crippen LogP) is -0.506. The lowest BCUT2D eigenvalue weighted by molar-refractivity contribution is -0.159. The number of rotatable bonds is 4. The summed E-state index contributed by atoms with van der Waals surface area (Å²) in [6.45, 7) is 0.608. The largest absolute Gasteiger partial charge is 0.479 e. The first-order valence-electron chi connectivity index (χ1n) is 7.51. The minimum Gasteiger partial charge on any atom is -0.479 e. The average molecular weight is 332 g/mol. The van der Waals surface area contributed by atoms with Crippen LogP contribution in [0.4, 0.5) is 0 Å². The predicted molar refractivity (Wildman–Crippen MR) is 82.4 cm³/mol. The van der Waals surface area contributed by atoms with Crippen molar-refractivity contribution in [1.29, 1.82) is 0 Å². The molecular weight excluding hydrogens is 316 g/mol. The summed E-state index contributed by atoms with van der Waals surface area (Å²) in [6.07, 6.45) is -0.968. The lowest BCUT2D eigenvalue weighted by Gasteiger charge is -2.30. The second kappa shape index (κ2) is 6.75. The maximum Gasteiger partial charge on any atom is 0.334 e. The van der Waals surface area contributed by atoms with E-state index in [1.165, 1.54) is 4.90 Å². The molecule has 0 aliphatic carbocycles. The zero-order chi connectivity index (χ0) is 17.1. The normalized spacial score (nSPS) is 17.8. The molecule has 2 heterocycles. The number of carbonyl (C=O) groups is 2. The zero-order valence-corrected chi connectivity index (χ0v) is 12.8. The number of fused-ring (bicyclic) bond motifs is 1. The van der Waals surface area contributed by atoms with Crippen LogP contribution < -0.4 is 5.56 Å². The first kappa shape index (κ1) is 16.1. The SMILES string of the molecule is O=C(O)[C@@H]1CN(C(=O)CCn2nnc3ccccc3c2=O)CCO1. The van der Waals surface area contributed by atoms with Gasteiger partial charge in [0, 0.05) is 13.0 Å². The van der Waals surface area contributed by atoms with Gasteiger partial charge in [0.2, 0.25) is 5.91 Å². The Labute approximate surface area is 136 Å². The molecule has 0 unspecified atom stereocenters. The van der Waals surface area contributed by atoms with Crippen LogP contribution >= 0.6 is 0 Å². The van der Waals surface area contributed by atoms with Gasteiger partial charge in [0.15, 0.2) is 6.10 Å². The van der Waals surface area contributed by atoms with Gasteiger partial charge in [-0.2, -0.15) is 0 Å². The van der Waals surface area contributed by atoms with Crippen LogP contribution in [0, 0.1) is 0 Å². The number of carbonyl (C=O) groups excluding carboxylic acids is 1. The summed E-state index contributed by atoms with van der Waals surface area (Å²) >= 11 is 0. The standard InChI is InChI=1S/C15H16N4O5/c20-13(18-7-8-24-12(9-18)15(22)23)5-6-19-14(21)10-3-1-2-4-11(10)16-17-19/h1-4,12H,5-9H2,(H,22,23)/t12-/m0/s1. The molecule has 2 aromatic rings. The fourth-order valence-electron chi connectivity index (χ4n) is 2.55. The van der Waals surface area contributed by atoms with Gasteiger partial charge >= 0.3 is 5.97 Å². The van der Waals surface area contributed by atoms with Gasteiger partial charge < -0.3 is 14.7 Å². The second-order valence-corrected chi connectivity index (χ2v) is 5.42. The van der Waals surface area contributed by atoms with Crippen molar-refractivity contribution in [3.63, 3.8) is 0 Å². The first-order chi connectivity index (χ1) is 11.6. The molecule has 1 saturated heterocycles. The van der Waals surface area contributed by atoms with Crippen molar-refractivity contribution in [1.82, 2.24) is 19.9 Å². The highest BCUT2D eigenvalue weighted by Gasteiger charge is 2.28. The summed E-state index contributed by atoms with van der Waals surface area (Å²) in [7, 11) is 0. The number of aryl methyl sites for hydroxylation is 1. The van der Waals surface area contributed by atoms with Gasteiger partial charge in [0.25, 0.3) is 5.56 Å².